The molecule has 3 N–H and O–H groups in total. The summed E-state index contributed by atoms with van der Waals surface area (Å²) in [5.74, 6) is 0.709. The minimum Gasteiger partial charge on any atom is -0.508 e. The molecule has 2 aliphatic carbocycles. The Morgan fingerprint density at radius 1 is 1.33 bits per heavy atom. The van der Waals surface area contributed by atoms with Crippen LogP contribution in [0.2, 0.25) is 0 Å². The van der Waals surface area contributed by atoms with E-state index in [0.717, 1.165) is 50.5 Å². The van der Waals surface area contributed by atoms with Gasteiger partial charge in [0.05, 0.1) is 12.2 Å². The van der Waals surface area contributed by atoms with Crippen LogP contribution < -0.4 is 0 Å². The second kappa shape index (κ2) is 5.62. The minimum absolute atomic E-state index is 0.147. The number of phenolic OH excluding ortho intramolecular Hbond substituents is 1. The smallest absolute Gasteiger partial charge is 0.119 e. The normalized spacial score (nSPS) is 33.1. The highest BCUT2D eigenvalue weighted by Gasteiger charge is 2.46. The van der Waals surface area contributed by atoms with Gasteiger partial charge in [0, 0.05) is 0 Å². The molecule has 1 saturated carbocycles. The number of phenols is 1. The summed E-state index contributed by atoms with van der Waals surface area (Å²) in [6.45, 7) is 1.81. The molecule has 1 aromatic rings. The standard InChI is InChI=1S/C18H26O3/c1-12(19)5-6-14-9-18(11-17(14)21)8-7-13-3-2-4-16(20)15(13)10-18/h2-4,12,14,17,19-21H,5-11H2,1H3/t12-,14+,17+,18?/m0/s1. The van der Waals surface area contributed by atoms with Crippen LogP contribution in [0.5, 0.6) is 5.75 Å². The van der Waals surface area contributed by atoms with Crippen molar-refractivity contribution < 1.29 is 15.3 Å². The molecule has 3 rings (SSSR count). The van der Waals surface area contributed by atoms with E-state index in [1.807, 2.05) is 13.0 Å². The van der Waals surface area contributed by atoms with Crippen molar-refractivity contribution in [3.8, 4) is 5.75 Å². The summed E-state index contributed by atoms with van der Waals surface area (Å²) in [5, 5.41) is 30.0. The number of fused-ring (bicyclic) bond motifs is 1. The van der Waals surface area contributed by atoms with E-state index >= 15 is 0 Å². The lowest BCUT2D eigenvalue weighted by Crippen LogP contribution is -2.27. The molecule has 0 amide bonds. The predicted octanol–water partition coefficient (Wildman–Crippen LogP) is 2.80. The van der Waals surface area contributed by atoms with Gasteiger partial charge in [-0.1, -0.05) is 12.1 Å². The first kappa shape index (κ1) is 14.9. The molecule has 0 bridgehead atoms. The zero-order chi connectivity index (χ0) is 15.0. The summed E-state index contributed by atoms with van der Waals surface area (Å²) < 4.78 is 0. The maximum atomic E-state index is 10.4. The van der Waals surface area contributed by atoms with Crippen LogP contribution in [0, 0.1) is 11.3 Å². The Morgan fingerprint density at radius 2 is 2.14 bits per heavy atom. The summed E-state index contributed by atoms with van der Waals surface area (Å²) >= 11 is 0. The van der Waals surface area contributed by atoms with Gasteiger partial charge in [-0.15, -0.1) is 0 Å². The van der Waals surface area contributed by atoms with Gasteiger partial charge in [-0.2, -0.15) is 0 Å². The lowest BCUT2D eigenvalue weighted by molar-refractivity contribution is 0.107. The summed E-state index contributed by atoms with van der Waals surface area (Å²) in [6.07, 6.45) is 5.97. The molecule has 3 heteroatoms. The van der Waals surface area contributed by atoms with Gasteiger partial charge in [0.25, 0.3) is 0 Å². The molecule has 1 aromatic carbocycles. The molecule has 0 heterocycles. The number of rotatable bonds is 3. The van der Waals surface area contributed by atoms with E-state index in [1.165, 1.54) is 5.56 Å². The topological polar surface area (TPSA) is 60.7 Å². The average Bonchev–Trinajstić information content (AvgIpc) is 2.74. The summed E-state index contributed by atoms with van der Waals surface area (Å²) in [5.41, 5.74) is 2.50. The van der Waals surface area contributed by atoms with Crippen LogP contribution in [-0.4, -0.2) is 27.5 Å². The molecule has 0 radical (unpaired) electrons. The van der Waals surface area contributed by atoms with Gasteiger partial charge in [0.15, 0.2) is 0 Å². The van der Waals surface area contributed by atoms with Gasteiger partial charge in [-0.25, -0.2) is 0 Å². The molecular formula is C18H26O3. The first-order valence-electron chi connectivity index (χ1n) is 8.15. The van der Waals surface area contributed by atoms with E-state index in [1.54, 1.807) is 6.07 Å². The zero-order valence-electron chi connectivity index (χ0n) is 12.8. The van der Waals surface area contributed by atoms with Crippen molar-refractivity contribution in [3.63, 3.8) is 0 Å². The Kier molecular flexibility index (Phi) is 3.98. The minimum atomic E-state index is -0.287. The van der Waals surface area contributed by atoms with E-state index in [0.29, 0.717) is 11.7 Å². The van der Waals surface area contributed by atoms with Crippen LogP contribution in [0.1, 0.15) is 50.2 Å². The molecule has 3 nitrogen and oxygen atoms in total. The number of hydrogen-bond donors (Lipinski definition) is 3. The van der Waals surface area contributed by atoms with Crippen molar-refractivity contribution >= 4 is 0 Å². The molecule has 0 saturated heterocycles. The third-order valence-electron chi connectivity index (χ3n) is 5.56. The lowest BCUT2D eigenvalue weighted by atomic mass is 9.69. The first-order chi connectivity index (χ1) is 9.99. The van der Waals surface area contributed by atoms with Gasteiger partial charge in [0.1, 0.15) is 5.75 Å². The third kappa shape index (κ3) is 2.95. The fourth-order valence-electron chi connectivity index (χ4n) is 4.41. The number of hydrogen-bond acceptors (Lipinski definition) is 3. The highest BCUT2D eigenvalue weighted by Crippen LogP contribution is 2.52. The van der Waals surface area contributed by atoms with E-state index in [2.05, 4.69) is 6.07 Å². The number of aliphatic hydroxyl groups excluding tert-OH is 2. The van der Waals surface area contributed by atoms with E-state index in [4.69, 9.17) is 0 Å². The van der Waals surface area contributed by atoms with E-state index < -0.39 is 0 Å². The Morgan fingerprint density at radius 3 is 2.90 bits per heavy atom. The van der Waals surface area contributed by atoms with Gasteiger partial charge >= 0.3 is 0 Å². The zero-order valence-corrected chi connectivity index (χ0v) is 12.8. The Labute approximate surface area is 126 Å². The second-order valence-electron chi connectivity index (χ2n) is 7.25. The number of aromatic hydroxyl groups is 1. The monoisotopic (exact) mass is 290 g/mol. The molecule has 116 valence electrons. The highest BCUT2D eigenvalue weighted by molar-refractivity contribution is 5.42. The van der Waals surface area contributed by atoms with Crippen LogP contribution in [0.15, 0.2) is 18.2 Å². The number of aliphatic hydroxyl groups is 2. The van der Waals surface area contributed by atoms with Gasteiger partial charge < -0.3 is 15.3 Å². The quantitative estimate of drug-likeness (QED) is 0.802. The van der Waals surface area contributed by atoms with Crippen LogP contribution in [-0.2, 0) is 12.8 Å². The fraction of sp³-hybridized carbons (Fsp3) is 0.667. The van der Waals surface area contributed by atoms with Crippen molar-refractivity contribution in [3.05, 3.63) is 29.3 Å². The molecule has 0 aromatic heterocycles. The van der Waals surface area contributed by atoms with Crippen molar-refractivity contribution in [1.82, 2.24) is 0 Å². The summed E-state index contributed by atoms with van der Waals surface area (Å²) in [4.78, 5) is 0. The Hall–Kier alpha value is -1.06. The van der Waals surface area contributed by atoms with Crippen LogP contribution in [0.4, 0.5) is 0 Å². The lowest BCUT2D eigenvalue weighted by Gasteiger charge is -2.35. The SMILES string of the molecule is C[C@H](O)CC[C@@H]1CC2(CCc3cccc(O)c3C2)C[C@H]1O. The average molecular weight is 290 g/mol. The summed E-state index contributed by atoms with van der Waals surface area (Å²) in [7, 11) is 0. The van der Waals surface area contributed by atoms with E-state index in [-0.39, 0.29) is 17.6 Å². The fourth-order valence-corrected chi connectivity index (χ4v) is 4.41. The largest absolute Gasteiger partial charge is 0.508 e. The van der Waals surface area contributed by atoms with Crippen molar-refractivity contribution in [1.29, 1.82) is 0 Å². The van der Waals surface area contributed by atoms with Crippen molar-refractivity contribution in [2.24, 2.45) is 11.3 Å². The maximum Gasteiger partial charge on any atom is 0.119 e. The molecule has 1 spiro atoms. The van der Waals surface area contributed by atoms with Crippen molar-refractivity contribution in [2.45, 2.75) is 64.1 Å². The maximum absolute atomic E-state index is 10.4. The molecule has 21 heavy (non-hydrogen) atoms. The molecular weight excluding hydrogens is 264 g/mol. The third-order valence-corrected chi connectivity index (χ3v) is 5.56. The first-order valence-corrected chi connectivity index (χ1v) is 8.15. The predicted molar refractivity (Wildman–Crippen MR) is 82.2 cm³/mol. The Bertz CT molecular complexity index is 511. The van der Waals surface area contributed by atoms with Gasteiger partial charge in [-0.05, 0) is 80.4 Å². The summed E-state index contributed by atoms with van der Waals surface area (Å²) in [6, 6.07) is 5.80. The molecule has 2 aliphatic rings. The molecule has 0 aliphatic heterocycles. The van der Waals surface area contributed by atoms with Crippen LogP contribution >= 0.6 is 0 Å². The van der Waals surface area contributed by atoms with Crippen LogP contribution in [0.3, 0.4) is 0 Å². The van der Waals surface area contributed by atoms with E-state index in [9.17, 15) is 15.3 Å². The second-order valence-corrected chi connectivity index (χ2v) is 7.25. The van der Waals surface area contributed by atoms with Crippen LogP contribution in [0.25, 0.3) is 0 Å². The number of benzene rings is 1. The molecule has 1 unspecified atom stereocenters. The molecule has 4 atom stereocenters. The highest BCUT2D eigenvalue weighted by atomic mass is 16.3. The number of aryl methyl sites for hydroxylation is 1. The Balaban J connectivity index is 1.74. The van der Waals surface area contributed by atoms with Gasteiger partial charge in [-0.3, -0.25) is 0 Å². The van der Waals surface area contributed by atoms with Crippen molar-refractivity contribution in [2.75, 3.05) is 0 Å². The molecule has 1 fully saturated rings. The van der Waals surface area contributed by atoms with Gasteiger partial charge in [0.2, 0.25) is 0 Å².